The number of nitrogens with one attached hydrogen (secondary N) is 1. The highest BCUT2D eigenvalue weighted by molar-refractivity contribution is 5.78. The van der Waals surface area contributed by atoms with Crippen molar-refractivity contribution in [3.63, 3.8) is 0 Å². The van der Waals surface area contributed by atoms with Gasteiger partial charge in [0.1, 0.15) is 17.7 Å². The predicted molar refractivity (Wildman–Crippen MR) is 59.7 cm³/mol. The van der Waals surface area contributed by atoms with Gasteiger partial charge in [-0.05, 0) is 13.0 Å². The fourth-order valence-corrected chi connectivity index (χ4v) is 1.38. The van der Waals surface area contributed by atoms with E-state index in [1.165, 1.54) is 12.1 Å². The minimum atomic E-state index is -1.29. The molecule has 0 saturated carbocycles. The van der Waals surface area contributed by atoms with Gasteiger partial charge in [0.25, 0.3) is 0 Å². The lowest BCUT2D eigenvalue weighted by Gasteiger charge is -2.17. The summed E-state index contributed by atoms with van der Waals surface area (Å²) in [6.07, 6.45) is -1.29. The molecule has 94 valence electrons. The summed E-state index contributed by atoms with van der Waals surface area (Å²) in [4.78, 5) is 10.6. The van der Waals surface area contributed by atoms with Crippen LogP contribution in [0, 0.1) is 5.82 Å². The van der Waals surface area contributed by atoms with Crippen LogP contribution in [0.4, 0.5) is 4.39 Å². The third kappa shape index (κ3) is 3.69. The van der Waals surface area contributed by atoms with Crippen LogP contribution in [-0.4, -0.2) is 28.8 Å². The van der Waals surface area contributed by atoms with Gasteiger partial charge in [0.15, 0.2) is 0 Å². The summed E-state index contributed by atoms with van der Waals surface area (Å²) >= 11 is 0. The third-order valence-corrected chi connectivity index (χ3v) is 2.40. The molecule has 0 aromatic heterocycles. The van der Waals surface area contributed by atoms with E-state index < -0.39 is 17.8 Å². The van der Waals surface area contributed by atoms with E-state index in [0.29, 0.717) is 5.56 Å². The van der Waals surface area contributed by atoms with Gasteiger partial charge < -0.3 is 21.3 Å². The lowest BCUT2D eigenvalue weighted by Crippen LogP contribution is -2.38. The number of carbonyl (C=O) groups excluding carboxylic acids is 1. The number of aromatic hydroxyl groups is 1. The summed E-state index contributed by atoms with van der Waals surface area (Å²) in [5.74, 6) is -1.54. The summed E-state index contributed by atoms with van der Waals surface area (Å²) in [6, 6.07) is 3.30. The van der Waals surface area contributed by atoms with Gasteiger partial charge >= 0.3 is 0 Å². The number of aliphatic hydroxyl groups is 1. The quantitative estimate of drug-likeness (QED) is 0.585. The summed E-state index contributed by atoms with van der Waals surface area (Å²) in [5.41, 5.74) is 5.36. The number of hydrogen-bond acceptors (Lipinski definition) is 4. The molecule has 1 amide bonds. The molecule has 0 heterocycles. The zero-order valence-electron chi connectivity index (χ0n) is 9.35. The van der Waals surface area contributed by atoms with Crippen LogP contribution in [0.2, 0.25) is 0 Å². The van der Waals surface area contributed by atoms with E-state index in [2.05, 4.69) is 5.32 Å². The van der Waals surface area contributed by atoms with E-state index in [1.807, 2.05) is 0 Å². The second-order valence-corrected chi connectivity index (χ2v) is 3.75. The van der Waals surface area contributed by atoms with Gasteiger partial charge in [-0.15, -0.1) is 0 Å². The topological polar surface area (TPSA) is 95.6 Å². The van der Waals surface area contributed by atoms with E-state index in [9.17, 15) is 19.4 Å². The molecule has 0 aliphatic carbocycles. The first kappa shape index (κ1) is 13.4. The van der Waals surface area contributed by atoms with Crippen LogP contribution in [0.1, 0.15) is 18.5 Å². The summed E-state index contributed by atoms with van der Waals surface area (Å²) in [7, 11) is 0. The SMILES string of the molecule is CC(NCC(O)C(N)=O)c1ccc(F)cc1O. The summed E-state index contributed by atoms with van der Waals surface area (Å²) in [6.45, 7) is 1.67. The molecule has 1 aromatic carbocycles. The van der Waals surface area contributed by atoms with Crippen molar-refractivity contribution in [2.24, 2.45) is 5.73 Å². The molecule has 6 heteroatoms. The number of carbonyl (C=O) groups is 1. The highest BCUT2D eigenvalue weighted by Crippen LogP contribution is 2.24. The molecule has 5 nitrogen and oxygen atoms in total. The Morgan fingerprint density at radius 2 is 2.24 bits per heavy atom. The molecule has 17 heavy (non-hydrogen) atoms. The van der Waals surface area contributed by atoms with Gasteiger partial charge in [0.05, 0.1) is 0 Å². The van der Waals surface area contributed by atoms with Crippen LogP contribution in [0.3, 0.4) is 0 Å². The smallest absolute Gasteiger partial charge is 0.247 e. The molecule has 2 unspecified atom stereocenters. The molecule has 0 aliphatic rings. The molecule has 1 aromatic rings. The van der Waals surface area contributed by atoms with Crippen LogP contribution < -0.4 is 11.1 Å². The number of primary amides is 1. The first-order valence-electron chi connectivity index (χ1n) is 5.11. The molecule has 0 spiro atoms. The second-order valence-electron chi connectivity index (χ2n) is 3.75. The van der Waals surface area contributed by atoms with Crippen LogP contribution in [0.15, 0.2) is 18.2 Å². The maximum atomic E-state index is 12.7. The number of phenolic OH excluding ortho intramolecular Hbond substituents is 1. The zero-order valence-corrected chi connectivity index (χ0v) is 9.35. The van der Waals surface area contributed by atoms with E-state index in [4.69, 9.17) is 5.73 Å². The van der Waals surface area contributed by atoms with Crippen LogP contribution in [0.25, 0.3) is 0 Å². The van der Waals surface area contributed by atoms with Gasteiger partial charge in [-0.3, -0.25) is 4.79 Å². The highest BCUT2D eigenvalue weighted by atomic mass is 19.1. The van der Waals surface area contributed by atoms with E-state index in [0.717, 1.165) is 6.07 Å². The van der Waals surface area contributed by atoms with E-state index in [-0.39, 0.29) is 18.3 Å². The number of aliphatic hydroxyl groups excluding tert-OH is 1. The molecular formula is C11H15FN2O3. The van der Waals surface area contributed by atoms with Crippen LogP contribution in [0.5, 0.6) is 5.75 Å². The molecular weight excluding hydrogens is 227 g/mol. The van der Waals surface area contributed by atoms with Crippen molar-refractivity contribution in [2.75, 3.05) is 6.54 Å². The number of halogens is 1. The normalized spacial score (nSPS) is 14.3. The van der Waals surface area contributed by atoms with E-state index in [1.54, 1.807) is 6.92 Å². The van der Waals surface area contributed by atoms with Crippen molar-refractivity contribution in [1.29, 1.82) is 0 Å². The predicted octanol–water partition coefficient (Wildman–Crippen LogP) is 0.0281. The monoisotopic (exact) mass is 242 g/mol. The number of phenols is 1. The number of hydrogen-bond donors (Lipinski definition) is 4. The Morgan fingerprint density at radius 1 is 1.59 bits per heavy atom. The molecule has 0 fully saturated rings. The summed E-state index contributed by atoms with van der Waals surface area (Å²) < 4.78 is 12.7. The Balaban J connectivity index is 2.64. The maximum absolute atomic E-state index is 12.7. The zero-order chi connectivity index (χ0) is 13.0. The molecule has 0 bridgehead atoms. The van der Waals surface area contributed by atoms with Crippen LogP contribution >= 0.6 is 0 Å². The Morgan fingerprint density at radius 3 is 2.76 bits per heavy atom. The number of rotatable bonds is 5. The molecule has 0 radical (unpaired) electrons. The van der Waals surface area contributed by atoms with E-state index >= 15 is 0 Å². The lowest BCUT2D eigenvalue weighted by molar-refractivity contribution is -0.125. The largest absolute Gasteiger partial charge is 0.508 e. The molecule has 5 N–H and O–H groups in total. The van der Waals surface area contributed by atoms with Gasteiger partial charge in [-0.2, -0.15) is 0 Å². The van der Waals surface area contributed by atoms with Crippen molar-refractivity contribution in [2.45, 2.75) is 19.1 Å². The Hall–Kier alpha value is -1.66. The van der Waals surface area contributed by atoms with Gasteiger partial charge in [-0.1, -0.05) is 6.07 Å². The van der Waals surface area contributed by atoms with Gasteiger partial charge in [-0.25, -0.2) is 4.39 Å². The Bertz CT molecular complexity index is 412. The summed E-state index contributed by atoms with van der Waals surface area (Å²) in [5, 5.41) is 21.5. The molecule has 0 aliphatic heterocycles. The fourth-order valence-electron chi connectivity index (χ4n) is 1.38. The minimum absolute atomic E-state index is 0.0344. The van der Waals surface area contributed by atoms with Crippen molar-refractivity contribution < 1.29 is 19.4 Å². The molecule has 1 rings (SSSR count). The standard InChI is InChI=1S/C11H15FN2O3/c1-6(14-5-10(16)11(13)17)8-3-2-7(12)4-9(8)15/h2-4,6,10,14-16H,5H2,1H3,(H2,13,17). The lowest BCUT2D eigenvalue weighted by atomic mass is 10.1. The molecule has 0 saturated heterocycles. The van der Waals surface area contributed by atoms with Gasteiger partial charge in [0, 0.05) is 24.2 Å². The number of amides is 1. The average Bonchev–Trinajstić information content (AvgIpc) is 2.25. The number of benzene rings is 1. The van der Waals surface area contributed by atoms with Crippen molar-refractivity contribution >= 4 is 5.91 Å². The minimum Gasteiger partial charge on any atom is -0.508 e. The first-order valence-corrected chi connectivity index (χ1v) is 5.11. The Kier molecular flexibility index (Phi) is 4.42. The second kappa shape index (κ2) is 5.60. The molecule has 2 atom stereocenters. The van der Waals surface area contributed by atoms with Crippen molar-refractivity contribution in [3.8, 4) is 5.75 Å². The average molecular weight is 242 g/mol. The van der Waals surface area contributed by atoms with Crippen LogP contribution in [-0.2, 0) is 4.79 Å². The van der Waals surface area contributed by atoms with Gasteiger partial charge in [0.2, 0.25) is 5.91 Å². The highest BCUT2D eigenvalue weighted by Gasteiger charge is 2.15. The van der Waals surface area contributed by atoms with Crippen molar-refractivity contribution in [3.05, 3.63) is 29.6 Å². The third-order valence-electron chi connectivity index (χ3n) is 2.40. The van der Waals surface area contributed by atoms with Crippen molar-refractivity contribution in [1.82, 2.24) is 5.32 Å². The number of nitrogens with two attached hydrogens (primary N) is 1. The maximum Gasteiger partial charge on any atom is 0.247 e. The fraction of sp³-hybridized carbons (Fsp3) is 0.364. The first-order chi connectivity index (χ1) is 7.91. The Labute approximate surface area is 98.1 Å².